The van der Waals surface area contributed by atoms with Crippen LogP contribution in [-0.4, -0.2) is 34.9 Å². The lowest BCUT2D eigenvalue weighted by Gasteiger charge is -2.16. The van der Waals surface area contributed by atoms with Gasteiger partial charge in [0.05, 0.1) is 10.6 Å². The molecular formula is C20H21N3OS2. The molecule has 1 aromatic carbocycles. The van der Waals surface area contributed by atoms with Crippen molar-refractivity contribution in [2.24, 2.45) is 0 Å². The summed E-state index contributed by atoms with van der Waals surface area (Å²) in [5.41, 5.74) is 2.13. The number of rotatable bonds is 5. The first kappa shape index (κ1) is 17.4. The minimum absolute atomic E-state index is 0.00867. The lowest BCUT2D eigenvalue weighted by Crippen LogP contribution is -2.36. The van der Waals surface area contributed by atoms with E-state index in [0.717, 1.165) is 46.5 Å². The SMILES string of the molecule is Cc1nc(-c2cccs2)sc1C(=O)N[C@@H]1CCN(Cc2ccccc2)C1. The molecule has 26 heavy (non-hydrogen) atoms. The Labute approximate surface area is 161 Å². The number of aromatic nitrogens is 1. The number of benzene rings is 1. The van der Waals surface area contributed by atoms with Crippen molar-refractivity contribution in [2.45, 2.75) is 25.9 Å². The highest BCUT2D eigenvalue weighted by atomic mass is 32.1. The van der Waals surface area contributed by atoms with E-state index in [1.54, 1.807) is 11.3 Å². The largest absolute Gasteiger partial charge is 0.347 e. The predicted octanol–water partition coefficient (Wildman–Crippen LogP) is 4.18. The second kappa shape index (κ2) is 7.70. The number of aryl methyl sites for hydroxylation is 1. The fraction of sp³-hybridized carbons (Fsp3) is 0.300. The fourth-order valence-electron chi connectivity index (χ4n) is 3.30. The molecule has 0 spiro atoms. The van der Waals surface area contributed by atoms with Crippen LogP contribution in [-0.2, 0) is 6.54 Å². The van der Waals surface area contributed by atoms with Gasteiger partial charge >= 0.3 is 0 Å². The summed E-state index contributed by atoms with van der Waals surface area (Å²) in [6, 6.07) is 14.7. The maximum atomic E-state index is 12.7. The molecule has 0 unspecified atom stereocenters. The van der Waals surface area contributed by atoms with Gasteiger partial charge in [-0.3, -0.25) is 9.69 Å². The topological polar surface area (TPSA) is 45.2 Å². The van der Waals surface area contributed by atoms with Crippen LogP contribution in [0, 0.1) is 6.92 Å². The van der Waals surface area contributed by atoms with Crippen LogP contribution in [0.2, 0.25) is 0 Å². The highest BCUT2D eigenvalue weighted by Crippen LogP contribution is 2.31. The van der Waals surface area contributed by atoms with Gasteiger partial charge < -0.3 is 5.32 Å². The molecule has 1 atom stereocenters. The van der Waals surface area contributed by atoms with Crippen LogP contribution in [0.5, 0.6) is 0 Å². The first-order chi connectivity index (χ1) is 12.7. The second-order valence-electron chi connectivity index (χ2n) is 6.59. The quantitative estimate of drug-likeness (QED) is 0.719. The number of hydrogen-bond donors (Lipinski definition) is 1. The third kappa shape index (κ3) is 3.87. The number of nitrogens with zero attached hydrogens (tertiary/aromatic N) is 2. The number of carbonyl (C=O) groups excluding carboxylic acids is 1. The Bertz CT molecular complexity index is 874. The Morgan fingerprint density at radius 3 is 2.88 bits per heavy atom. The molecule has 1 fully saturated rings. The molecule has 134 valence electrons. The molecule has 1 aliphatic rings. The average molecular weight is 384 g/mol. The summed E-state index contributed by atoms with van der Waals surface area (Å²) in [5.74, 6) is 0.00867. The molecule has 4 nitrogen and oxygen atoms in total. The molecule has 0 saturated carbocycles. The van der Waals surface area contributed by atoms with E-state index in [4.69, 9.17) is 0 Å². The normalized spacial score (nSPS) is 17.5. The summed E-state index contributed by atoms with van der Waals surface area (Å²) in [6.07, 6.45) is 0.994. The van der Waals surface area contributed by atoms with Gasteiger partial charge in [0.25, 0.3) is 5.91 Å². The van der Waals surface area contributed by atoms with Crippen LogP contribution in [0.15, 0.2) is 47.8 Å². The van der Waals surface area contributed by atoms with Gasteiger partial charge in [0.1, 0.15) is 9.88 Å². The standard InChI is InChI=1S/C20H21N3OS2/c1-14-18(26-20(21-14)17-8-5-11-25-17)19(24)22-16-9-10-23(13-16)12-15-6-3-2-4-7-15/h2-8,11,16H,9-10,12-13H2,1H3,(H,22,24)/t16-/m1/s1. The van der Waals surface area contributed by atoms with Gasteiger partial charge in [-0.15, -0.1) is 22.7 Å². The van der Waals surface area contributed by atoms with Gasteiger partial charge in [0.15, 0.2) is 0 Å². The maximum absolute atomic E-state index is 12.7. The van der Waals surface area contributed by atoms with Gasteiger partial charge in [-0.25, -0.2) is 4.98 Å². The van der Waals surface area contributed by atoms with Crippen LogP contribution in [0.4, 0.5) is 0 Å². The van der Waals surface area contributed by atoms with Gasteiger partial charge in [0, 0.05) is 25.7 Å². The number of thiophene rings is 1. The fourth-order valence-corrected chi connectivity index (χ4v) is 5.07. The summed E-state index contributed by atoms with van der Waals surface area (Å²) in [4.78, 5) is 21.5. The number of likely N-dealkylation sites (tertiary alicyclic amines) is 1. The van der Waals surface area contributed by atoms with Crippen molar-refractivity contribution >= 4 is 28.6 Å². The van der Waals surface area contributed by atoms with Crippen LogP contribution >= 0.6 is 22.7 Å². The molecular weight excluding hydrogens is 362 g/mol. The molecule has 2 aromatic heterocycles. The second-order valence-corrected chi connectivity index (χ2v) is 8.54. The molecule has 1 N–H and O–H groups in total. The molecule has 0 aliphatic carbocycles. The van der Waals surface area contributed by atoms with Crippen molar-refractivity contribution in [3.8, 4) is 9.88 Å². The average Bonchev–Trinajstić information content (AvgIpc) is 3.37. The third-order valence-electron chi connectivity index (χ3n) is 4.59. The van der Waals surface area contributed by atoms with E-state index >= 15 is 0 Å². The Morgan fingerprint density at radius 2 is 2.12 bits per heavy atom. The van der Waals surface area contributed by atoms with Crippen LogP contribution in [0.3, 0.4) is 0 Å². The Balaban J connectivity index is 1.37. The molecule has 3 heterocycles. The summed E-state index contributed by atoms with van der Waals surface area (Å²) in [6.45, 7) is 4.77. The summed E-state index contributed by atoms with van der Waals surface area (Å²) >= 11 is 3.14. The minimum Gasteiger partial charge on any atom is -0.347 e. The summed E-state index contributed by atoms with van der Waals surface area (Å²) < 4.78 is 0. The number of hydrogen-bond acceptors (Lipinski definition) is 5. The van der Waals surface area contributed by atoms with Gasteiger partial charge in [0.2, 0.25) is 0 Å². The van der Waals surface area contributed by atoms with E-state index in [1.165, 1.54) is 16.9 Å². The van der Waals surface area contributed by atoms with E-state index in [2.05, 4.69) is 39.5 Å². The molecule has 1 saturated heterocycles. The van der Waals surface area contributed by atoms with Crippen LogP contribution < -0.4 is 5.32 Å². The van der Waals surface area contributed by atoms with Crippen molar-refractivity contribution in [3.63, 3.8) is 0 Å². The first-order valence-electron chi connectivity index (χ1n) is 8.77. The number of thiazole rings is 1. The molecule has 0 radical (unpaired) electrons. The van der Waals surface area contributed by atoms with E-state index in [0.29, 0.717) is 0 Å². The lowest BCUT2D eigenvalue weighted by molar-refractivity contribution is 0.0941. The third-order valence-corrected chi connectivity index (χ3v) is 6.79. The van der Waals surface area contributed by atoms with E-state index in [1.807, 2.05) is 30.5 Å². The molecule has 3 aromatic rings. The molecule has 0 bridgehead atoms. The minimum atomic E-state index is 0.00867. The summed E-state index contributed by atoms with van der Waals surface area (Å²) in [7, 11) is 0. The van der Waals surface area contributed by atoms with Crippen molar-refractivity contribution in [1.29, 1.82) is 0 Å². The number of nitrogens with one attached hydrogen (secondary N) is 1. The molecule has 4 rings (SSSR count). The maximum Gasteiger partial charge on any atom is 0.263 e. The Morgan fingerprint density at radius 1 is 1.27 bits per heavy atom. The van der Waals surface area contributed by atoms with Crippen molar-refractivity contribution in [2.75, 3.05) is 13.1 Å². The smallest absolute Gasteiger partial charge is 0.263 e. The highest BCUT2D eigenvalue weighted by Gasteiger charge is 2.26. The van der Waals surface area contributed by atoms with Gasteiger partial charge in [-0.05, 0) is 30.4 Å². The van der Waals surface area contributed by atoms with E-state index in [-0.39, 0.29) is 11.9 Å². The zero-order valence-corrected chi connectivity index (χ0v) is 16.3. The van der Waals surface area contributed by atoms with Gasteiger partial charge in [-0.1, -0.05) is 36.4 Å². The zero-order valence-electron chi connectivity index (χ0n) is 14.6. The summed E-state index contributed by atoms with van der Waals surface area (Å²) in [5, 5.41) is 6.17. The lowest BCUT2D eigenvalue weighted by atomic mass is 10.2. The number of carbonyl (C=O) groups is 1. The van der Waals surface area contributed by atoms with Gasteiger partial charge in [-0.2, -0.15) is 0 Å². The zero-order chi connectivity index (χ0) is 17.9. The number of amides is 1. The Kier molecular flexibility index (Phi) is 5.15. The van der Waals surface area contributed by atoms with E-state index < -0.39 is 0 Å². The monoisotopic (exact) mass is 383 g/mol. The van der Waals surface area contributed by atoms with Crippen molar-refractivity contribution < 1.29 is 4.79 Å². The molecule has 1 amide bonds. The van der Waals surface area contributed by atoms with Crippen molar-refractivity contribution in [1.82, 2.24) is 15.2 Å². The first-order valence-corrected chi connectivity index (χ1v) is 10.5. The molecule has 1 aliphatic heterocycles. The van der Waals surface area contributed by atoms with Crippen molar-refractivity contribution in [3.05, 3.63) is 64.0 Å². The molecule has 6 heteroatoms. The van der Waals surface area contributed by atoms with Crippen LogP contribution in [0.25, 0.3) is 9.88 Å². The predicted molar refractivity (Wildman–Crippen MR) is 108 cm³/mol. The highest BCUT2D eigenvalue weighted by molar-refractivity contribution is 7.22. The van der Waals surface area contributed by atoms with E-state index in [9.17, 15) is 4.79 Å². The van der Waals surface area contributed by atoms with Crippen LogP contribution in [0.1, 0.15) is 27.3 Å². The Hall–Kier alpha value is -2.02.